The SMILES string of the molecule is NC1(c2cccc(CC(CO[N+](=O)[O-])O[N+](=O)[O-])c2)C2CC3CC(C2)CC1C3. The Labute approximate surface area is 162 Å². The van der Waals surface area contributed by atoms with Crippen LogP contribution >= 0.6 is 0 Å². The Morgan fingerprint density at radius 2 is 1.71 bits per heavy atom. The predicted molar refractivity (Wildman–Crippen MR) is 97.9 cm³/mol. The molecule has 0 spiro atoms. The summed E-state index contributed by atoms with van der Waals surface area (Å²) in [6, 6.07) is 7.78. The fraction of sp³-hybridized carbons (Fsp3) is 0.684. The Bertz CT molecular complexity index is 742. The van der Waals surface area contributed by atoms with Crippen molar-refractivity contribution in [1.82, 2.24) is 0 Å². The molecule has 4 saturated carbocycles. The molecule has 1 aromatic rings. The molecule has 4 fully saturated rings. The molecule has 1 unspecified atom stereocenters. The molecule has 2 N–H and O–H groups in total. The minimum atomic E-state index is -1.05. The Morgan fingerprint density at radius 1 is 1.07 bits per heavy atom. The number of hydrogen-bond acceptors (Lipinski definition) is 7. The molecule has 1 aromatic carbocycles. The summed E-state index contributed by atoms with van der Waals surface area (Å²) in [7, 11) is 0. The van der Waals surface area contributed by atoms with Crippen molar-refractivity contribution in [3.63, 3.8) is 0 Å². The molecule has 5 rings (SSSR count). The third-order valence-corrected chi connectivity index (χ3v) is 6.98. The number of benzene rings is 1. The van der Waals surface area contributed by atoms with Crippen molar-refractivity contribution in [2.75, 3.05) is 6.61 Å². The maximum absolute atomic E-state index is 10.7. The first-order valence-corrected chi connectivity index (χ1v) is 9.81. The topological polar surface area (TPSA) is 131 Å². The van der Waals surface area contributed by atoms with E-state index in [1.54, 1.807) is 0 Å². The standard InChI is InChI=1S/C19H25N3O6/c20-19(16-6-13-4-14(8-16)9-17(19)7-13)15-3-1-2-12(5-15)10-18(28-22(25)26)11-27-21(23)24/h1-3,5,13-14,16-18H,4,6-11,20H2. The van der Waals surface area contributed by atoms with Gasteiger partial charge in [0.25, 0.3) is 10.2 Å². The van der Waals surface area contributed by atoms with E-state index in [9.17, 15) is 20.2 Å². The van der Waals surface area contributed by atoms with Gasteiger partial charge in [0.2, 0.25) is 0 Å². The second-order valence-electron chi connectivity index (χ2n) is 8.61. The Morgan fingerprint density at radius 3 is 2.29 bits per heavy atom. The molecule has 0 radical (unpaired) electrons. The zero-order valence-corrected chi connectivity index (χ0v) is 15.6. The molecule has 28 heavy (non-hydrogen) atoms. The van der Waals surface area contributed by atoms with Crippen LogP contribution in [-0.4, -0.2) is 22.9 Å². The molecule has 4 bridgehead atoms. The smallest absolute Gasteiger partial charge is 0.294 e. The van der Waals surface area contributed by atoms with Crippen molar-refractivity contribution in [2.45, 2.75) is 50.2 Å². The van der Waals surface area contributed by atoms with E-state index < -0.39 is 22.9 Å². The zero-order valence-electron chi connectivity index (χ0n) is 15.6. The summed E-state index contributed by atoms with van der Waals surface area (Å²) >= 11 is 0. The van der Waals surface area contributed by atoms with E-state index in [1.807, 2.05) is 24.3 Å². The van der Waals surface area contributed by atoms with Crippen LogP contribution in [0.3, 0.4) is 0 Å². The van der Waals surface area contributed by atoms with E-state index in [1.165, 1.54) is 32.1 Å². The van der Waals surface area contributed by atoms with Crippen molar-refractivity contribution in [2.24, 2.45) is 29.4 Å². The maximum Gasteiger partial charge on any atom is 0.294 e. The van der Waals surface area contributed by atoms with Gasteiger partial charge in [0.15, 0.2) is 0 Å². The molecule has 0 aliphatic heterocycles. The van der Waals surface area contributed by atoms with Gasteiger partial charge in [-0.2, -0.15) is 0 Å². The first-order valence-electron chi connectivity index (χ1n) is 9.81. The van der Waals surface area contributed by atoms with Crippen LogP contribution in [0.4, 0.5) is 0 Å². The number of nitrogens with two attached hydrogens (primary N) is 1. The summed E-state index contributed by atoms with van der Waals surface area (Å²) in [6.07, 6.45) is 5.14. The van der Waals surface area contributed by atoms with Gasteiger partial charge in [0, 0.05) is 12.0 Å². The van der Waals surface area contributed by atoms with Gasteiger partial charge in [0.1, 0.15) is 12.7 Å². The highest BCUT2D eigenvalue weighted by Crippen LogP contribution is 2.60. The van der Waals surface area contributed by atoms with E-state index in [0.717, 1.165) is 23.0 Å². The van der Waals surface area contributed by atoms with Crippen molar-refractivity contribution in [3.8, 4) is 0 Å². The molecule has 9 nitrogen and oxygen atoms in total. The third-order valence-electron chi connectivity index (χ3n) is 6.98. The molecule has 0 aromatic heterocycles. The quantitative estimate of drug-likeness (QED) is 0.532. The van der Waals surface area contributed by atoms with Crippen molar-refractivity contribution in [1.29, 1.82) is 0 Å². The van der Waals surface area contributed by atoms with Gasteiger partial charge in [-0.15, -0.1) is 20.2 Å². The number of rotatable bonds is 8. The lowest BCUT2D eigenvalue weighted by Gasteiger charge is -2.60. The van der Waals surface area contributed by atoms with E-state index in [-0.39, 0.29) is 12.0 Å². The van der Waals surface area contributed by atoms with Gasteiger partial charge < -0.3 is 15.4 Å². The highest BCUT2D eigenvalue weighted by molar-refractivity contribution is 5.33. The van der Waals surface area contributed by atoms with Gasteiger partial charge >= 0.3 is 0 Å². The summed E-state index contributed by atoms with van der Waals surface area (Å²) in [4.78, 5) is 30.0. The average Bonchev–Trinajstić information content (AvgIpc) is 2.63. The molecule has 0 heterocycles. The number of nitrogens with zero attached hydrogens (tertiary/aromatic N) is 2. The highest BCUT2D eigenvalue weighted by atomic mass is 17.0. The molecule has 4 aliphatic rings. The Balaban J connectivity index is 1.54. The molecular weight excluding hydrogens is 366 g/mol. The van der Waals surface area contributed by atoms with Gasteiger partial charge in [-0.1, -0.05) is 24.3 Å². The first kappa shape index (κ1) is 18.9. The predicted octanol–water partition coefficient (Wildman–Crippen LogP) is 2.62. The molecule has 4 aliphatic carbocycles. The van der Waals surface area contributed by atoms with Gasteiger partial charge in [-0.05, 0) is 66.9 Å². The van der Waals surface area contributed by atoms with Crippen molar-refractivity contribution >= 4 is 0 Å². The summed E-state index contributed by atoms with van der Waals surface area (Å²) < 4.78 is 0. The fourth-order valence-electron chi connectivity index (χ4n) is 6.06. The Kier molecular flexibility index (Phi) is 4.86. The lowest BCUT2D eigenvalue weighted by molar-refractivity contribution is -0.789. The molecule has 0 amide bonds. The summed E-state index contributed by atoms with van der Waals surface area (Å²) in [5.41, 5.74) is 8.54. The summed E-state index contributed by atoms with van der Waals surface area (Å²) in [6.45, 7) is -0.499. The van der Waals surface area contributed by atoms with Gasteiger partial charge in [-0.3, -0.25) is 0 Å². The largest absolute Gasteiger partial charge is 0.321 e. The van der Waals surface area contributed by atoms with Crippen LogP contribution < -0.4 is 5.73 Å². The molecular formula is C19H25N3O6. The third kappa shape index (κ3) is 3.50. The van der Waals surface area contributed by atoms with Crippen molar-refractivity contribution < 1.29 is 19.8 Å². The molecule has 9 heteroatoms. The summed E-state index contributed by atoms with van der Waals surface area (Å²) in [5.74, 6) is 2.56. The normalized spacial score (nSPS) is 34.0. The van der Waals surface area contributed by atoms with Gasteiger partial charge in [0.05, 0.1) is 0 Å². The average molecular weight is 391 g/mol. The highest BCUT2D eigenvalue weighted by Gasteiger charge is 2.55. The molecule has 152 valence electrons. The van der Waals surface area contributed by atoms with E-state index >= 15 is 0 Å². The summed E-state index contributed by atoms with van der Waals surface area (Å²) in [5, 5.41) is 19.2. The second kappa shape index (κ2) is 7.20. The van der Waals surface area contributed by atoms with Crippen LogP contribution in [0.1, 0.15) is 43.2 Å². The van der Waals surface area contributed by atoms with Crippen LogP contribution in [0.5, 0.6) is 0 Å². The van der Waals surface area contributed by atoms with E-state index in [2.05, 4.69) is 9.68 Å². The van der Waals surface area contributed by atoms with Crippen LogP contribution in [0, 0.1) is 43.9 Å². The van der Waals surface area contributed by atoms with Crippen LogP contribution in [-0.2, 0) is 21.6 Å². The minimum absolute atomic E-state index is 0.138. The van der Waals surface area contributed by atoms with E-state index in [4.69, 9.17) is 5.73 Å². The lowest BCUT2D eigenvalue weighted by atomic mass is 9.47. The van der Waals surface area contributed by atoms with E-state index in [0.29, 0.717) is 11.8 Å². The monoisotopic (exact) mass is 391 g/mol. The van der Waals surface area contributed by atoms with Crippen LogP contribution in [0.15, 0.2) is 24.3 Å². The van der Waals surface area contributed by atoms with Crippen molar-refractivity contribution in [3.05, 3.63) is 55.6 Å². The lowest BCUT2D eigenvalue weighted by Crippen LogP contribution is -2.60. The fourth-order valence-corrected chi connectivity index (χ4v) is 6.06. The zero-order chi connectivity index (χ0) is 19.9. The minimum Gasteiger partial charge on any atom is -0.321 e. The molecule has 0 saturated heterocycles. The van der Waals surface area contributed by atoms with Crippen LogP contribution in [0.2, 0.25) is 0 Å². The molecule has 1 atom stereocenters. The maximum atomic E-state index is 10.7. The Hall–Kier alpha value is -2.42. The first-order chi connectivity index (χ1) is 13.3. The second-order valence-corrected chi connectivity index (χ2v) is 8.61. The number of hydrogen-bond donors (Lipinski definition) is 1. The van der Waals surface area contributed by atoms with Crippen LogP contribution in [0.25, 0.3) is 0 Å². The van der Waals surface area contributed by atoms with Gasteiger partial charge in [-0.25, -0.2) is 0 Å².